The van der Waals surface area contributed by atoms with E-state index in [0.717, 1.165) is 12.1 Å². The van der Waals surface area contributed by atoms with Crippen LogP contribution >= 0.6 is 22.0 Å². The van der Waals surface area contributed by atoms with Gasteiger partial charge in [-0.2, -0.15) is 26.3 Å². The molecular weight excluding hydrogens is 390 g/mol. The van der Waals surface area contributed by atoms with Crippen LogP contribution in [-0.2, 0) is 21.4 Å². The van der Waals surface area contributed by atoms with E-state index in [1.54, 1.807) is 0 Å². The summed E-state index contributed by atoms with van der Waals surface area (Å²) in [4.78, 5) is -0.0826. The second-order valence-corrected chi connectivity index (χ2v) is 8.23. The lowest BCUT2D eigenvalue weighted by atomic mass is 10.0. The van der Waals surface area contributed by atoms with Gasteiger partial charge in [-0.1, -0.05) is 0 Å². The van der Waals surface area contributed by atoms with Crippen LogP contribution in [-0.4, -0.2) is 8.42 Å². The summed E-state index contributed by atoms with van der Waals surface area (Å²) in [6.45, 7) is 0. The standard InChI is InChI=1S/C12H5ClF6O2S2/c13-23(20,21)10-2-1-9(22-10)6-3-7(11(14,15)16)5-8(4-6)12(17,18)19/h1-5H. The van der Waals surface area contributed by atoms with Crippen LogP contribution in [0.5, 0.6) is 0 Å². The third kappa shape index (κ3) is 4.18. The van der Waals surface area contributed by atoms with E-state index in [2.05, 4.69) is 0 Å². The Kier molecular flexibility index (Phi) is 4.46. The number of hydrogen-bond acceptors (Lipinski definition) is 3. The van der Waals surface area contributed by atoms with Crippen molar-refractivity contribution in [1.29, 1.82) is 0 Å². The predicted octanol–water partition coefficient (Wildman–Crippen LogP) is 5.38. The molecule has 0 bridgehead atoms. The van der Waals surface area contributed by atoms with Gasteiger partial charge < -0.3 is 0 Å². The van der Waals surface area contributed by atoms with Gasteiger partial charge in [-0.3, -0.25) is 0 Å². The molecule has 11 heteroatoms. The first-order chi connectivity index (χ1) is 10.3. The zero-order valence-electron chi connectivity index (χ0n) is 10.7. The van der Waals surface area contributed by atoms with E-state index < -0.39 is 38.1 Å². The minimum atomic E-state index is -4.98. The van der Waals surface area contributed by atoms with Crippen LogP contribution in [0.4, 0.5) is 26.3 Å². The van der Waals surface area contributed by atoms with Crippen molar-refractivity contribution >= 4 is 31.1 Å². The molecule has 1 aromatic heterocycles. The number of rotatable bonds is 2. The second kappa shape index (κ2) is 5.67. The Hall–Kier alpha value is -1.26. The normalized spacial score (nSPS) is 13.3. The van der Waals surface area contributed by atoms with Crippen molar-refractivity contribution in [3.05, 3.63) is 41.5 Å². The zero-order valence-corrected chi connectivity index (χ0v) is 13.1. The highest BCUT2D eigenvalue weighted by Gasteiger charge is 2.37. The maximum Gasteiger partial charge on any atom is 0.416 e. The van der Waals surface area contributed by atoms with Gasteiger partial charge in [-0.05, 0) is 35.9 Å². The van der Waals surface area contributed by atoms with E-state index in [0.29, 0.717) is 23.5 Å². The number of benzene rings is 1. The van der Waals surface area contributed by atoms with Gasteiger partial charge in [0.15, 0.2) is 0 Å². The third-order valence-corrected chi connectivity index (χ3v) is 5.92. The maximum atomic E-state index is 12.8. The molecule has 0 radical (unpaired) electrons. The van der Waals surface area contributed by atoms with Gasteiger partial charge in [-0.25, -0.2) is 8.42 Å². The van der Waals surface area contributed by atoms with Gasteiger partial charge in [0, 0.05) is 15.6 Å². The highest BCUT2D eigenvalue weighted by molar-refractivity contribution is 8.15. The summed E-state index contributed by atoms with van der Waals surface area (Å²) >= 11 is 0.477. The van der Waals surface area contributed by atoms with Crippen molar-refractivity contribution in [2.45, 2.75) is 16.6 Å². The Morgan fingerprint density at radius 3 is 1.70 bits per heavy atom. The fraction of sp³-hybridized carbons (Fsp3) is 0.167. The topological polar surface area (TPSA) is 34.1 Å². The summed E-state index contributed by atoms with van der Waals surface area (Å²) in [6, 6.07) is 3.14. The zero-order chi connectivity index (χ0) is 17.6. The highest BCUT2D eigenvalue weighted by Crippen LogP contribution is 2.40. The fourth-order valence-electron chi connectivity index (χ4n) is 1.70. The molecule has 2 aromatic rings. The van der Waals surface area contributed by atoms with Gasteiger partial charge in [-0.15, -0.1) is 11.3 Å². The lowest BCUT2D eigenvalue weighted by molar-refractivity contribution is -0.143. The minimum absolute atomic E-state index is 0.00366. The van der Waals surface area contributed by atoms with Crippen molar-refractivity contribution in [1.82, 2.24) is 0 Å². The van der Waals surface area contributed by atoms with Gasteiger partial charge in [0.1, 0.15) is 4.21 Å². The fourth-order valence-corrected chi connectivity index (χ4v) is 3.76. The Bertz CT molecular complexity index is 804. The van der Waals surface area contributed by atoms with Gasteiger partial charge >= 0.3 is 12.4 Å². The summed E-state index contributed by atoms with van der Waals surface area (Å²) in [6.07, 6.45) is -9.96. The SMILES string of the molecule is O=S(=O)(Cl)c1ccc(-c2cc(C(F)(F)F)cc(C(F)(F)F)c2)s1. The van der Waals surface area contributed by atoms with Gasteiger partial charge in [0.25, 0.3) is 9.05 Å². The molecule has 23 heavy (non-hydrogen) atoms. The van der Waals surface area contributed by atoms with Crippen LogP contribution in [0.15, 0.2) is 34.5 Å². The minimum Gasteiger partial charge on any atom is -0.206 e. The van der Waals surface area contributed by atoms with Gasteiger partial charge in [0.2, 0.25) is 0 Å². The molecule has 0 N–H and O–H groups in total. The molecule has 0 atom stereocenters. The van der Waals surface area contributed by atoms with Crippen molar-refractivity contribution in [3.63, 3.8) is 0 Å². The average molecular weight is 395 g/mol. The second-order valence-electron chi connectivity index (χ2n) is 4.35. The lowest BCUT2D eigenvalue weighted by Gasteiger charge is -2.13. The highest BCUT2D eigenvalue weighted by atomic mass is 35.7. The smallest absolute Gasteiger partial charge is 0.206 e. The molecule has 1 heterocycles. The van der Waals surface area contributed by atoms with E-state index in [1.807, 2.05) is 0 Å². The molecule has 2 nitrogen and oxygen atoms in total. The number of alkyl halides is 6. The molecule has 0 saturated carbocycles. The number of hydrogen-bond donors (Lipinski definition) is 0. The van der Waals surface area contributed by atoms with Crippen LogP contribution in [0.2, 0.25) is 0 Å². The van der Waals surface area contributed by atoms with E-state index in [4.69, 9.17) is 10.7 Å². The van der Waals surface area contributed by atoms with Crippen molar-refractivity contribution in [3.8, 4) is 10.4 Å². The number of halogens is 7. The van der Waals surface area contributed by atoms with E-state index in [9.17, 15) is 34.8 Å². The quantitative estimate of drug-likeness (QED) is 0.506. The first-order valence-electron chi connectivity index (χ1n) is 5.63. The molecular formula is C12H5ClF6O2S2. The summed E-state index contributed by atoms with van der Waals surface area (Å²) in [5.41, 5.74) is -3.36. The Labute approximate surface area is 134 Å². The van der Waals surface area contributed by atoms with E-state index in [1.165, 1.54) is 0 Å². The van der Waals surface area contributed by atoms with Crippen molar-refractivity contribution in [2.75, 3.05) is 0 Å². The molecule has 0 unspecified atom stereocenters. The molecule has 0 saturated heterocycles. The van der Waals surface area contributed by atoms with Gasteiger partial charge in [0.05, 0.1) is 11.1 Å². The van der Waals surface area contributed by atoms with Crippen LogP contribution < -0.4 is 0 Å². The molecule has 0 spiro atoms. The van der Waals surface area contributed by atoms with Crippen LogP contribution in [0, 0.1) is 0 Å². The average Bonchev–Trinajstić information content (AvgIpc) is 2.85. The number of thiophene rings is 1. The molecule has 126 valence electrons. The lowest BCUT2D eigenvalue weighted by Crippen LogP contribution is -2.10. The Morgan fingerprint density at radius 1 is 0.870 bits per heavy atom. The van der Waals surface area contributed by atoms with E-state index >= 15 is 0 Å². The molecule has 0 amide bonds. The summed E-state index contributed by atoms with van der Waals surface area (Å²) in [5.74, 6) is 0. The Morgan fingerprint density at radius 2 is 1.35 bits per heavy atom. The van der Waals surface area contributed by atoms with Crippen molar-refractivity contribution < 1.29 is 34.8 Å². The molecule has 0 fully saturated rings. The largest absolute Gasteiger partial charge is 0.416 e. The predicted molar refractivity (Wildman–Crippen MR) is 72.8 cm³/mol. The van der Waals surface area contributed by atoms with Crippen LogP contribution in [0.25, 0.3) is 10.4 Å². The monoisotopic (exact) mass is 394 g/mol. The summed E-state index contributed by atoms with van der Waals surface area (Å²) in [7, 11) is 0.969. The maximum absolute atomic E-state index is 12.8. The summed E-state index contributed by atoms with van der Waals surface area (Å²) < 4.78 is 98.5. The van der Waals surface area contributed by atoms with Crippen LogP contribution in [0.1, 0.15) is 11.1 Å². The molecule has 2 rings (SSSR count). The van der Waals surface area contributed by atoms with Crippen LogP contribution in [0.3, 0.4) is 0 Å². The molecule has 0 aliphatic rings. The first kappa shape index (κ1) is 18.1. The first-order valence-corrected chi connectivity index (χ1v) is 8.75. The van der Waals surface area contributed by atoms with Crippen molar-refractivity contribution in [2.24, 2.45) is 0 Å². The molecule has 1 aromatic carbocycles. The molecule has 0 aliphatic carbocycles. The Balaban J connectivity index is 2.65. The third-order valence-electron chi connectivity index (χ3n) is 2.69. The molecule has 0 aliphatic heterocycles. The summed E-state index contributed by atoms with van der Waals surface area (Å²) in [5, 5.41) is 0. The van der Waals surface area contributed by atoms with E-state index in [-0.39, 0.29) is 15.2 Å².